The average molecular weight is 397 g/mol. The number of halogens is 2. The maximum atomic E-state index is 13.7. The Bertz CT molecular complexity index is 905. The van der Waals surface area contributed by atoms with Crippen LogP contribution in [-0.4, -0.2) is 30.0 Å². The monoisotopic (exact) mass is 396 g/mol. The number of anilines is 1. The number of methoxy groups -OCH3 is 1. The Morgan fingerprint density at radius 2 is 1.96 bits per heavy atom. The molecule has 0 aliphatic rings. The second kappa shape index (κ2) is 8.45. The van der Waals surface area contributed by atoms with Crippen molar-refractivity contribution in [3.63, 3.8) is 0 Å². The SMILES string of the molecule is COc1ccc([N+](=O)[O-])cc1C(=O)O[C@H](C)C(=O)Nc1ccc(Cl)cc1F. The highest BCUT2D eigenvalue weighted by atomic mass is 35.5. The molecule has 0 radical (unpaired) electrons. The minimum Gasteiger partial charge on any atom is -0.496 e. The summed E-state index contributed by atoms with van der Waals surface area (Å²) >= 11 is 5.63. The largest absolute Gasteiger partial charge is 0.496 e. The number of amides is 1. The van der Waals surface area contributed by atoms with Crippen molar-refractivity contribution in [1.82, 2.24) is 0 Å². The van der Waals surface area contributed by atoms with Crippen LogP contribution in [0.25, 0.3) is 0 Å². The Kier molecular flexibility index (Phi) is 6.30. The number of rotatable bonds is 6. The highest BCUT2D eigenvalue weighted by Gasteiger charge is 2.24. The van der Waals surface area contributed by atoms with Crippen molar-refractivity contribution in [1.29, 1.82) is 0 Å². The molecule has 0 heterocycles. The molecule has 27 heavy (non-hydrogen) atoms. The normalized spacial score (nSPS) is 11.4. The smallest absolute Gasteiger partial charge is 0.342 e. The lowest BCUT2D eigenvalue weighted by Gasteiger charge is -2.15. The zero-order valence-electron chi connectivity index (χ0n) is 14.2. The molecule has 8 nitrogen and oxygen atoms in total. The lowest BCUT2D eigenvalue weighted by atomic mass is 10.1. The molecule has 0 aromatic heterocycles. The van der Waals surface area contributed by atoms with E-state index in [1.165, 1.54) is 32.2 Å². The Morgan fingerprint density at radius 3 is 2.56 bits per heavy atom. The third-order valence-electron chi connectivity index (χ3n) is 3.46. The second-order valence-electron chi connectivity index (χ2n) is 5.30. The topological polar surface area (TPSA) is 108 Å². The molecule has 0 bridgehead atoms. The van der Waals surface area contributed by atoms with Crippen molar-refractivity contribution in [2.45, 2.75) is 13.0 Å². The summed E-state index contributed by atoms with van der Waals surface area (Å²) in [5, 5.41) is 13.3. The average Bonchev–Trinajstić information content (AvgIpc) is 2.63. The van der Waals surface area contributed by atoms with Crippen LogP contribution in [0.4, 0.5) is 15.8 Å². The van der Waals surface area contributed by atoms with Gasteiger partial charge in [-0.25, -0.2) is 9.18 Å². The van der Waals surface area contributed by atoms with Crippen LogP contribution >= 0.6 is 11.6 Å². The first-order valence-electron chi connectivity index (χ1n) is 7.52. The summed E-state index contributed by atoms with van der Waals surface area (Å²) in [6, 6.07) is 7.03. The molecule has 0 fully saturated rings. The van der Waals surface area contributed by atoms with Crippen molar-refractivity contribution in [2.24, 2.45) is 0 Å². The Morgan fingerprint density at radius 1 is 1.26 bits per heavy atom. The van der Waals surface area contributed by atoms with Crippen molar-refractivity contribution >= 4 is 34.9 Å². The lowest BCUT2D eigenvalue weighted by Crippen LogP contribution is -2.30. The van der Waals surface area contributed by atoms with E-state index in [1.54, 1.807) is 0 Å². The molecule has 142 valence electrons. The van der Waals surface area contributed by atoms with E-state index in [1.807, 2.05) is 0 Å². The van der Waals surface area contributed by atoms with Crippen LogP contribution in [0.3, 0.4) is 0 Å². The Labute approximate surface area is 158 Å². The van der Waals surface area contributed by atoms with Crippen LogP contribution in [0.5, 0.6) is 5.75 Å². The number of nitro benzene ring substituents is 1. The van der Waals surface area contributed by atoms with E-state index in [-0.39, 0.29) is 27.7 Å². The van der Waals surface area contributed by atoms with Gasteiger partial charge < -0.3 is 14.8 Å². The van der Waals surface area contributed by atoms with Gasteiger partial charge in [-0.3, -0.25) is 14.9 Å². The van der Waals surface area contributed by atoms with Crippen LogP contribution in [0, 0.1) is 15.9 Å². The van der Waals surface area contributed by atoms with Gasteiger partial charge in [-0.1, -0.05) is 11.6 Å². The van der Waals surface area contributed by atoms with Gasteiger partial charge in [0, 0.05) is 17.2 Å². The van der Waals surface area contributed by atoms with E-state index < -0.39 is 28.7 Å². The number of benzene rings is 2. The van der Waals surface area contributed by atoms with E-state index in [0.717, 1.165) is 18.2 Å². The van der Waals surface area contributed by atoms with Crippen LogP contribution < -0.4 is 10.1 Å². The highest BCUT2D eigenvalue weighted by Crippen LogP contribution is 2.25. The molecule has 2 aromatic carbocycles. The number of nitrogens with one attached hydrogen (secondary N) is 1. The number of carbonyl (C=O) groups excluding carboxylic acids is 2. The van der Waals surface area contributed by atoms with Crippen molar-refractivity contribution in [3.05, 3.63) is 62.9 Å². The summed E-state index contributed by atoms with van der Waals surface area (Å²) in [4.78, 5) is 34.6. The van der Waals surface area contributed by atoms with Crippen LogP contribution in [-0.2, 0) is 9.53 Å². The number of hydrogen-bond donors (Lipinski definition) is 1. The number of nitrogens with zero attached hydrogens (tertiary/aromatic N) is 1. The van der Waals surface area contributed by atoms with Gasteiger partial charge in [0.15, 0.2) is 6.10 Å². The van der Waals surface area contributed by atoms with E-state index in [4.69, 9.17) is 21.1 Å². The summed E-state index contributed by atoms with van der Waals surface area (Å²) in [5.41, 5.74) is -0.702. The molecule has 0 spiro atoms. The zero-order valence-corrected chi connectivity index (χ0v) is 15.0. The van der Waals surface area contributed by atoms with E-state index in [9.17, 15) is 24.1 Å². The summed E-state index contributed by atoms with van der Waals surface area (Å²) in [5.74, 6) is -2.51. The number of hydrogen-bond acceptors (Lipinski definition) is 6. The van der Waals surface area contributed by atoms with Gasteiger partial charge in [-0.15, -0.1) is 0 Å². The predicted octanol–water partition coefficient (Wildman–Crippen LogP) is 3.58. The fourth-order valence-electron chi connectivity index (χ4n) is 2.07. The molecular formula is C17H14ClFN2O6. The highest BCUT2D eigenvalue weighted by molar-refractivity contribution is 6.30. The van der Waals surface area contributed by atoms with Gasteiger partial charge in [0.2, 0.25) is 0 Å². The molecule has 0 saturated heterocycles. The van der Waals surface area contributed by atoms with Gasteiger partial charge in [0.1, 0.15) is 17.1 Å². The van der Waals surface area contributed by atoms with E-state index >= 15 is 0 Å². The molecule has 1 amide bonds. The first-order valence-corrected chi connectivity index (χ1v) is 7.90. The number of ether oxygens (including phenoxy) is 2. The maximum Gasteiger partial charge on any atom is 0.342 e. The van der Waals surface area contributed by atoms with Crippen molar-refractivity contribution in [3.8, 4) is 5.75 Å². The number of nitro groups is 1. The summed E-state index contributed by atoms with van der Waals surface area (Å²) < 4.78 is 23.7. The molecule has 2 aromatic rings. The fraction of sp³-hybridized carbons (Fsp3) is 0.176. The minimum atomic E-state index is -1.31. The molecule has 0 aliphatic carbocycles. The lowest BCUT2D eigenvalue weighted by molar-refractivity contribution is -0.384. The quantitative estimate of drug-likeness (QED) is 0.454. The minimum absolute atomic E-state index is 0.0435. The van der Waals surface area contributed by atoms with Gasteiger partial charge in [0.25, 0.3) is 11.6 Å². The molecule has 2 rings (SSSR count). The molecule has 0 saturated carbocycles. The number of esters is 1. The van der Waals surface area contributed by atoms with Gasteiger partial charge in [0.05, 0.1) is 17.7 Å². The summed E-state index contributed by atoms with van der Waals surface area (Å²) in [6.07, 6.45) is -1.31. The van der Waals surface area contributed by atoms with Gasteiger partial charge in [-0.2, -0.15) is 0 Å². The molecule has 10 heteroatoms. The van der Waals surface area contributed by atoms with Crippen molar-refractivity contribution in [2.75, 3.05) is 12.4 Å². The van der Waals surface area contributed by atoms with Crippen LogP contribution in [0.15, 0.2) is 36.4 Å². The maximum absolute atomic E-state index is 13.7. The van der Waals surface area contributed by atoms with Crippen LogP contribution in [0.1, 0.15) is 17.3 Å². The molecule has 1 N–H and O–H groups in total. The Hall–Kier alpha value is -3.20. The number of non-ortho nitro benzene ring substituents is 1. The first-order chi connectivity index (χ1) is 12.7. The summed E-state index contributed by atoms with van der Waals surface area (Å²) in [7, 11) is 1.28. The summed E-state index contributed by atoms with van der Waals surface area (Å²) in [6.45, 7) is 1.27. The molecule has 1 atom stereocenters. The van der Waals surface area contributed by atoms with E-state index in [0.29, 0.717) is 0 Å². The second-order valence-corrected chi connectivity index (χ2v) is 5.74. The van der Waals surface area contributed by atoms with Gasteiger partial charge >= 0.3 is 5.97 Å². The first kappa shape index (κ1) is 20.1. The molecular weight excluding hydrogens is 383 g/mol. The fourth-order valence-corrected chi connectivity index (χ4v) is 2.23. The third kappa shape index (κ3) is 4.91. The van der Waals surface area contributed by atoms with Crippen LogP contribution in [0.2, 0.25) is 5.02 Å². The van der Waals surface area contributed by atoms with Crippen molar-refractivity contribution < 1.29 is 28.4 Å². The predicted molar refractivity (Wildman–Crippen MR) is 94.6 cm³/mol. The standard InChI is InChI=1S/C17H14ClFN2O6/c1-9(16(22)20-14-5-3-10(18)7-13(14)19)27-17(23)12-8-11(21(24)25)4-6-15(12)26-2/h3-9H,1-2H3,(H,20,22)/t9-/m1/s1. The van der Waals surface area contributed by atoms with Gasteiger partial charge in [-0.05, 0) is 31.2 Å². The zero-order chi connectivity index (χ0) is 20.1. The number of carbonyl (C=O) groups is 2. The Balaban J connectivity index is 2.13. The molecule has 0 unspecified atom stereocenters. The molecule has 0 aliphatic heterocycles. The van der Waals surface area contributed by atoms with E-state index in [2.05, 4.69) is 5.32 Å². The third-order valence-corrected chi connectivity index (χ3v) is 3.69.